The molecule has 8 heteroatoms. The molecule has 0 aliphatic heterocycles. The summed E-state index contributed by atoms with van der Waals surface area (Å²) >= 11 is 0. The van der Waals surface area contributed by atoms with Crippen LogP contribution in [0.1, 0.15) is 0 Å². The number of hydrogen-bond acceptors (Lipinski definition) is 6. The minimum Gasteiger partial charge on any atom is -0.508 e. The van der Waals surface area contributed by atoms with Crippen LogP contribution in [0, 0.1) is 10.1 Å². The highest BCUT2D eigenvalue weighted by Gasteiger charge is 2.17. The van der Waals surface area contributed by atoms with E-state index in [-0.39, 0.29) is 22.9 Å². The van der Waals surface area contributed by atoms with Gasteiger partial charge in [-0.15, -0.1) is 0 Å². The molecular formula is C19H13N3O5. The molecule has 0 amide bonds. The van der Waals surface area contributed by atoms with Gasteiger partial charge in [0.15, 0.2) is 0 Å². The van der Waals surface area contributed by atoms with Crippen molar-refractivity contribution in [3.8, 4) is 34.2 Å². The molecule has 1 heterocycles. The van der Waals surface area contributed by atoms with E-state index in [1.54, 1.807) is 24.3 Å². The fraction of sp³-hybridized carbons (Fsp3) is 0. The van der Waals surface area contributed by atoms with Gasteiger partial charge < -0.3 is 15.3 Å². The average Bonchev–Trinajstić information content (AvgIpc) is 3.00. The zero-order chi connectivity index (χ0) is 19.1. The lowest BCUT2D eigenvalue weighted by Crippen LogP contribution is -1.97. The van der Waals surface area contributed by atoms with Crippen LogP contribution < -0.4 is 0 Å². The molecule has 8 nitrogen and oxygen atoms in total. The van der Waals surface area contributed by atoms with Crippen LogP contribution >= 0.6 is 0 Å². The average molecular weight is 363 g/mol. The van der Waals surface area contributed by atoms with E-state index < -0.39 is 4.92 Å². The van der Waals surface area contributed by atoms with Crippen molar-refractivity contribution in [1.29, 1.82) is 0 Å². The Labute approximate surface area is 152 Å². The van der Waals surface area contributed by atoms with Gasteiger partial charge in [-0.3, -0.25) is 10.1 Å². The molecule has 0 bridgehead atoms. The molecular weight excluding hydrogens is 350 g/mol. The lowest BCUT2D eigenvalue weighted by atomic mass is 10.1. The zero-order valence-corrected chi connectivity index (χ0v) is 13.8. The van der Waals surface area contributed by atoms with E-state index in [1.165, 1.54) is 41.1 Å². The smallest absolute Gasteiger partial charge is 0.269 e. The van der Waals surface area contributed by atoms with Gasteiger partial charge in [0.2, 0.25) is 0 Å². The van der Waals surface area contributed by atoms with Crippen molar-refractivity contribution in [3.05, 3.63) is 70.8 Å². The molecule has 27 heavy (non-hydrogen) atoms. The van der Waals surface area contributed by atoms with Crippen LogP contribution in [0.3, 0.4) is 0 Å². The number of nitro groups is 1. The normalized spacial score (nSPS) is 11.0. The van der Waals surface area contributed by atoms with Gasteiger partial charge in [0.25, 0.3) is 5.69 Å². The molecule has 0 spiro atoms. The van der Waals surface area contributed by atoms with E-state index in [4.69, 9.17) is 0 Å². The van der Waals surface area contributed by atoms with Crippen LogP contribution in [0.25, 0.3) is 27.8 Å². The van der Waals surface area contributed by atoms with Crippen LogP contribution in [0.2, 0.25) is 0 Å². The van der Waals surface area contributed by atoms with E-state index in [1.807, 2.05) is 0 Å². The zero-order valence-electron chi connectivity index (χ0n) is 13.8. The Morgan fingerprint density at radius 3 is 2.22 bits per heavy atom. The number of phenols is 3. The fourth-order valence-electron chi connectivity index (χ4n) is 2.93. The number of aromatic hydroxyl groups is 3. The maximum atomic E-state index is 10.9. The number of benzene rings is 3. The van der Waals surface area contributed by atoms with Gasteiger partial charge in [-0.2, -0.15) is 5.10 Å². The standard InChI is InChI=1S/C19H13N3O5/c23-13-5-7-15-17(9-13)21(11-1-3-12(4-2-11)22(26)27)20-19(15)16-8-6-14(24)10-18(16)25/h1-10,23-25H. The molecule has 4 rings (SSSR count). The lowest BCUT2D eigenvalue weighted by Gasteiger charge is -2.03. The number of rotatable bonds is 3. The van der Waals surface area contributed by atoms with Gasteiger partial charge >= 0.3 is 0 Å². The molecule has 0 saturated heterocycles. The van der Waals surface area contributed by atoms with Crippen molar-refractivity contribution >= 4 is 16.6 Å². The van der Waals surface area contributed by atoms with Crippen LogP contribution in [0.4, 0.5) is 5.69 Å². The summed E-state index contributed by atoms with van der Waals surface area (Å²) in [6.45, 7) is 0. The number of hydrogen-bond donors (Lipinski definition) is 3. The van der Waals surface area contributed by atoms with Crippen LogP contribution in [-0.4, -0.2) is 30.0 Å². The summed E-state index contributed by atoms with van der Waals surface area (Å²) in [4.78, 5) is 10.4. The maximum absolute atomic E-state index is 10.9. The topological polar surface area (TPSA) is 122 Å². The van der Waals surface area contributed by atoms with Gasteiger partial charge in [0, 0.05) is 35.2 Å². The Bertz CT molecular complexity index is 1180. The molecule has 0 aliphatic carbocycles. The fourth-order valence-corrected chi connectivity index (χ4v) is 2.93. The number of phenolic OH excluding ortho intramolecular Hbond substituents is 3. The molecule has 134 valence electrons. The molecule has 4 aromatic rings. The molecule has 3 N–H and O–H groups in total. The molecule has 0 saturated carbocycles. The Morgan fingerprint density at radius 2 is 1.56 bits per heavy atom. The molecule has 0 aliphatic rings. The van der Waals surface area contributed by atoms with Crippen molar-refractivity contribution in [1.82, 2.24) is 9.78 Å². The third kappa shape index (κ3) is 2.78. The Hall–Kier alpha value is -4.07. The van der Waals surface area contributed by atoms with E-state index in [9.17, 15) is 25.4 Å². The van der Waals surface area contributed by atoms with E-state index >= 15 is 0 Å². The Kier molecular flexibility index (Phi) is 3.66. The Morgan fingerprint density at radius 1 is 0.889 bits per heavy atom. The van der Waals surface area contributed by atoms with Crippen molar-refractivity contribution in [3.63, 3.8) is 0 Å². The highest BCUT2D eigenvalue weighted by atomic mass is 16.6. The number of non-ortho nitro benzene ring substituents is 1. The van der Waals surface area contributed by atoms with Crippen LogP contribution in [0.5, 0.6) is 17.2 Å². The van der Waals surface area contributed by atoms with E-state index in [0.29, 0.717) is 27.8 Å². The first-order chi connectivity index (χ1) is 12.9. The molecule has 0 unspecified atom stereocenters. The first-order valence-corrected chi connectivity index (χ1v) is 7.93. The van der Waals surface area contributed by atoms with Gasteiger partial charge in [0.05, 0.1) is 16.1 Å². The predicted molar refractivity (Wildman–Crippen MR) is 98.2 cm³/mol. The van der Waals surface area contributed by atoms with Crippen molar-refractivity contribution in [2.75, 3.05) is 0 Å². The minimum absolute atomic E-state index is 0.0343. The van der Waals surface area contributed by atoms with Crippen molar-refractivity contribution < 1.29 is 20.2 Å². The summed E-state index contributed by atoms with van der Waals surface area (Å²) in [5.41, 5.74) is 1.92. The second kappa shape index (κ2) is 6.03. The van der Waals surface area contributed by atoms with Gasteiger partial charge in [-0.1, -0.05) is 0 Å². The summed E-state index contributed by atoms with van der Waals surface area (Å²) in [6.07, 6.45) is 0. The predicted octanol–water partition coefficient (Wildman–Crippen LogP) is 3.72. The molecule has 3 aromatic carbocycles. The van der Waals surface area contributed by atoms with Crippen LogP contribution in [0.15, 0.2) is 60.7 Å². The summed E-state index contributed by atoms with van der Waals surface area (Å²) in [6, 6.07) is 14.7. The number of aromatic nitrogens is 2. The first-order valence-electron chi connectivity index (χ1n) is 7.93. The third-order valence-electron chi connectivity index (χ3n) is 4.21. The molecule has 0 radical (unpaired) electrons. The van der Waals surface area contributed by atoms with Crippen molar-refractivity contribution in [2.24, 2.45) is 0 Å². The third-order valence-corrected chi connectivity index (χ3v) is 4.21. The maximum Gasteiger partial charge on any atom is 0.269 e. The summed E-state index contributed by atoms with van der Waals surface area (Å²) < 4.78 is 1.53. The van der Waals surface area contributed by atoms with Gasteiger partial charge in [0.1, 0.15) is 22.9 Å². The van der Waals surface area contributed by atoms with Crippen LogP contribution in [-0.2, 0) is 0 Å². The first kappa shape index (κ1) is 16.4. The number of nitrogens with zero attached hydrogens (tertiary/aromatic N) is 3. The second-order valence-corrected chi connectivity index (χ2v) is 5.94. The highest BCUT2D eigenvalue weighted by Crippen LogP contribution is 2.37. The lowest BCUT2D eigenvalue weighted by molar-refractivity contribution is -0.384. The second-order valence-electron chi connectivity index (χ2n) is 5.94. The number of nitro benzene ring substituents is 1. The summed E-state index contributed by atoms with van der Waals surface area (Å²) in [7, 11) is 0. The van der Waals surface area contributed by atoms with Gasteiger partial charge in [-0.05, 0) is 36.4 Å². The van der Waals surface area contributed by atoms with E-state index in [2.05, 4.69) is 5.10 Å². The minimum atomic E-state index is -0.489. The van der Waals surface area contributed by atoms with E-state index in [0.717, 1.165) is 0 Å². The summed E-state index contributed by atoms with van der Waals surface area (Å²) in [5.74, 6) is -0.182. The Balaban J connectivity index is 1.96. The molecule has 0 fully saturated rings. The number of fused-ring (bicyclic) bond motifs is 1. The SMILES string of the molecule is O=[N+]([O-])c1ccc(-n2nc(-c3ccc(O)cc3O)c3ccc(O)cc32)cc1. The highest BCUT2D eigenvalue weighted by molar-refractivity contribution is 5.96. The monoisotopic (exact) mass is 363 g/mol. The summed E-state index contributed by atoms with van der Waals surface area (Å²) in [5, 5.41) is 45.6. The molecule has 0 atom stereocenters. The largest absolute Gasteiger partial charge is 0.508 e. The molecule has 1 aromatic heterocycles. The van der Waals surface area contributed by atoms with Crippen molar-refractivity contribution in [2.45, 2.75) is 0 Å². The van der Waals surface area contributed by atoms with Gasteiger partial charge in [-0.25, -0.2) is 4.68 Å². The quantitative estimate of drug-likeness (QED) is 0.377.